The smallest absolute Gasteiger partial charge is 0.137 e. The van der Waals surface area contributed by atoms with Gasteiger partial charge in [0.05, 0.1) is 0 Å². The number of hydrogen-bond acceptors (Lipinski definition) is 1. The van der Waals surface area contributed by atoms with E-state index in [1.807, 2.05) is 13.0 Å². The molecular formula is C16H24OP-. The highest BCUT2D eigenvalue weighted by Crippen LogP contribution is 2.26. The van der Waals surface area contributed by atoms with Crippen LogP contribution in [0.4, 0.5) is 0 Å². The Kier molecular flexibility index (Phi) is 5.10. The summed E-state index contributed by atoms with van der Waals surface area (Å²) in [5.41, 5.74) is 3.26. The minimum absolute atomic E-state index is 0.0609. The van der Waals surface area contributed by atoms with Crippen molar-refractivity contribution in [1.82, 2.24) is 0 Å². The summed E-state index contributed by atoms with van der Waals surface area (Å²) < 4.78 is 0. The molecule has 1 rings (SSSR count). The fourth-order valence-corrected chi connectivity index (χ4v) is 2.46. The molecule has 1 aromatic carbocycles. The van der Waals surface area contributed by atoms with E-state index in [1.54, 1.807) is 0 Å². The maximum atomic E-state index is 12.3. The van der Waals surface area contributed by atoms with Crippen molar-refractivity contribution in [2.45, 2.75) is 58.5 Å². The van der Waals surface area contributed by atoms with Gasteiger partial charge in [-0.3, -0.25) is 4.79 Å². The summed E-state index contributed by atoms with van der Waals surface area (Å²) in [6.07, 6.45) is 1.90. The first-order valence-corrected chi connectivity index (χ1v) is 7.21. The Morgan fingerprint density at radius 2 is 1.94 bits per heavy atom. The molecule has 0 radical (unpaired) electrons. The monoisotopic (exact) mass is 263 g/mol. The fourth-order valence-electron chi connectivity index (χ4n) is 2.01. The van der Waals surface area contributed by atoms with Gasteiger partial charge >= 0.3 is 0 Å². The maximum Gasteiger partial charge on any atom is 0.137 e. The summed E-state index contributed by atoms with van der Waals surface area (Å²) in [7, 11) is 3.54. The molecule has 100 valence electrons. The normalized spacial score (nSPS) is 13.4. The number of Topliss-reactive ketones (excluding diaryl/α,β-unsaturated/α-hetero) is 1. The first-order chi connectivity index (χ1) is 8.27. The highest BCUT2D eigenvalue weighted by atomic mass is 31.0. The Morgan fingerprint density at radius 1 is 1.33 bits per heavy atom. The topological polar surface area (TPSA) is 17.1 Å². The van der Waals surface area contributed by atoms with Crippen molar-refractivity contribution in [3.05, 3.63) is 34.9 Å². The summed E-state index contributed by atoms with van der Waals surface area (Å²) in [4.78, 5) is 12.3. The van der Waals surface area contributed by atoms with Crippen LogP contribution < -0.4 is 0 Å². The van der Waals surface area contributed by atoms with Crippen LogP contribution in [0.1, 0.15) is 62.0 Å². The second-order valence-electron chi connectivity index (χ2n) is 5.99. The summed E-state index contributed by atoms with van der Waals surface area (Å²) in [5.74, 6) is 0.200. The van der Waals surface area contributed by atoms with E-state index in [0.717, 1.165) is 24.0 Å². The summed E-state index contributed by atoms with van der Waals surface area (Å²) in [6, 6.07) is 6.18. The zero-order chi connectivity index (χ0) is 13.9. The van der Waals surface area contributed by atoms with Gasteiger partial charge in [0.2, 0.25) is 0 Å². The molecule has 1 atom stereocenters. The van der Waals surface area contributed by atoms with Crippen LogP contribution in [0.2, 0.25) is 0 Å². The van der Waals surface area contributed by atoms with Gasteiger partial charge in [0.1, 0.15) is 5.78 Å². The van der Waals surface area contributed by atoms with Crippen molar-refractivity contribution >= 4 is 15.0 Å². The van der Waals surface area contributed by atoms with E-state index >= 15 is 0 Å². The predicted octanol–water partition coefficient (Wildman–Crippen LogP) is 4.79. The molecule has 0 fully saturated rings. The Labute approximate surface area is 114 Å². The number of ketones is 1. The number of carbonyl (C=O) groups excluding carboxylic acids is 1. The van der Waals surface area contributed by atoms with E-state index < -0.39 is 0 Å². The third-order valence-corrected chi connectivity index (χ3v) is 3.80. The maximum absolute atomic E-state index is 12.3. The van der Waals surface area contributed by atoms with Crippen LogP contribution in [-0.2, 0) is 5.41 Å². The summed E-state index contributed by atoms with van der Waals surface area (Å²) in [5, 5.41) is 0. The molecule has 2 heteroatoms. The number of hydrogen-bond donors (Lipinski definition) is 0. The fraction of sp³-hybridized carbons (Fsp3) is 0.562. The molecule has 0 saturated carbocycles. The lowest BCUT2D eigenvalue weighted by atomic mass is 9.84. The number of carbonyl (C=O) groups is 1. The molecule has 1 unspecified atom stereocenters. The van der Waals surface area contributed by atoms with Gasteiger partial charge in [-0.05, 0) is 23.5 Å². The first-order valence-electron chi connectivity index (χ1n) is 6.63. The highest BCUT2D eigenvalue weighted by molar-refractivity contribution is 7.19. The van der Waals surface area contributed by atoms with Gasteiger partial charge in [-0.1, -0.05) is 58.7 Å². The third kappa shape index (κ3) is 3.65. The number of rotatable bonds is 4. The molecule has 1 aromatic rings. The van der Waals surface area contributed by atoms with Crippen molar-refractivity contribution in [3.8, 4) is 0 Å². The van der Waals surface area contributed by atoms with E-state index in [9.17, 15) is 4.79 Å². The Bertz CT molecular complexity index is 429. The molecule has 0 aromatic heterocycles. The van der Waals surface area contributed by atoms with E-state index in [1.165, 1.54) is 5.56 Å². The van der Waals surface area contributed by atoms with Crippen molar-refractivity contribution in [2.75, 3.05) is 0 Å². The molecule has 0 aliphatic rings. The van der Waals surface area contributed by atoms with E-state index in [4.69, 9.17) is 0 Å². The van der Waals surface area contributed by atoms with Gasteiger partial charge in [0.15, 0.2) is 0 Å². The molecule has 0 heterocycles. The molecule has 1 nitrogen and oxygen atoms in total. The molecule has 18 heavy (non-hydrogen) atoms. The standard InChI is InChI=1S/C16H24OP/c1-6-7-14(18)15(17)13-9-8-12(10-11(13)2)16(3,4)5/h8-10,14,18H,6-7H2,1-5H3/q-1. The van der Waals surface area contributed by atoms with E-state index in [0.29, 0.717) is 0 Å². The van der Waals surface area contributed by atoms with Gasteiger partial charge in [0, 0.05) is 5.56 Å². The minimum atomic E-state index is -0.0609. The largest absolute Gasteiger partial charge is 0.547 e. The SMILES string of the molecule is CCCC([PH-])C(=O)c1ccc(C(C)(C)C)cc1C. The van der Waals surface area contributed by atoms with Crippen molar-refractivity contribution < 1.29 is 4.79 Å². The zero-order valence-electron chi connectivity index (χ0n) is 12.1. The molecule has 0 aliphatic heterocycles. The number of aryl methyl sites for hydroxylation is 1. The zero-order valence-corrected chi connectivity index (χ0v) is 13.1. The second-order valence-corrected chi connectivity index (χ2v) is 6.68. The average Bonchev–Trinajstić information content (AvgIpc) is 2.27. The molecule has 0 bridgehead atoms. The minimum Gasteiger partial charge on any atom is -0.547 e. The Balaban J connectivity index is 3.03. The van der Waals surface area contributed by atoms with Crippen molar-refractivity contribution in [2.24, 2.45) is 0 Å². The lowest BCUT2D eigenvalue weighted by Gasteiger charge is -2.22. The summed E-state index contributed by atoms with van der Waals surface area (Å²) in [6.45, 7) is 10.7. The van der Waals surface area contributed by atoms with Gasteiger partial charge in [-0.2, -0.15) is 0 Å². The van der Waals surface area contributed by atoms with Crippen molar-refractivity contribution in [3.63, 3.8) is 0 Å². The van der Waals surface area contributed by atoms with Gasteiger partial charge in [-0.25, -0.2) is 0 Å². The van der Waals surface area contributed by atoms with Crippen LogP contribution in [0.15, 0.2) is 18.2 Å². The average molecular weight is 263 g/mol. The lowest BCUT2D eigenvalue weighted by molar-refractivity contribution is 0.0985. The highest BCUT2D eigenvalue weighted by Gasteiger charge is 2.17. The van der Waals surface area contributed by atoms with Crippen LogP contribution in [0.3, 0.4) is 0 Å². The van der Waals surface area contributed by atoms with Crippen molar-refractivity contribution in [1.29, 1.82) is 0 Å². The molecular weight excluding hydrogens is 239 g/mol. The molecule has 0 aliphatic carbocycles. The van der Waals surface area contributed by atoms with Gasteiger partial charge in [-0.15, -0.1) is 5.66 Å². The predicted molar refractivity (Wildman–Crippen MR) is 81.2 cm³/mol. The van der Waals surface area contributed by atoms with Crippen LogP contribution in [0.25, 0.3) is 0 Å². The quantitative estimate of drug-likeness (QED) is 0.564. The lowest BCUT2D eigenvalue weighted by Crippen LogP contribution is -2.17. The molecule has 0 amide bonds. The van der Waals surface area contributed by atoms with Gasteiger partial charge in [0.25, 0.3) is 0 Å². The summed E-state index contributed by atoms with van der Waals surface area (Å²) >= 11 is 0. The third-order valence-electron chi connectivity index (χ3n) is 3.25. The molecule has 0 N–H and O–H groups in total. The van der Waals surface area contributed by atoms with Crippen LogP contribution >= 0.6 is 9.24 Å². The van der Waals surface area contributed by atoms with Crippen LogP contribution in [-0.4, -0.2) is 11.4 Å². The Hall–Kier alpha value is -0.680. The number of benzene rings is 1. The molecule has 0 spiro atoms. The second kappa shape index (κ2) is 5.97. The Morgan fingerprint density at radius 3 is 2.39 bits per heavy atom. The van der Waals surface area contributed by atoms with Crippen LogP contribution in [0.5, 0.6) is 0 Å². The first kappa shape index (κ1) is 15.4. The van der Waals surface area contributed by atoms with Crippen LogP contribution in [0, 0.1) is 6.92 Å². The van der Waals surface area contributed by atoms with E-state index in [2.05, 4.69) is 49.1 Å². The van der Waals surface area contributed by atoms with Gasteiger partial charge < -0.3 is 9.24 Å². The molecule has 0 saturated heterocycles. The van der Waals surface area contributed by atoms with E-state index in [-0.39, 0.29) is 16.9 Å².